The largest absolute Gasteiger partial charge is 0.370 e. The Hall–Kier alpha value is -2.29. The summed E-state index contributed by atoms with van der Waals surface area (Å²) in [6.07, 6.45) is 2.16. The molecule has 1 aliphatic heterocycles. The molecular weight excluding hydrogens is 453 g/mol. The van der Waals surface area contributed by atoms with Crippen molar-refractivity contribution in [3.63, 3.8) is 0 Å². The number of anilines is 2. The van der Waals surface area contributed by atoms with Crippen LogP contribution < -0.4 is 16.4 Å². The van der Waals surface area contributed by atoms with Gasteiger partial charge in [0.1, 0.15) is 0 Å². The molecule has 0 radical (unpaired) electrons. The fraction of sp³-hybridized carbons (Fsp3) is 0.300. The minimum atomic E-state index is -0.0382. The molecule has 27 heavy (non-hydrogen) atoms. The third-order valence-electron chi connectivity index (χ3n) is 4.33. The number of hydrogen-bond acceptors (Lipinski definition) is 2. The summed E-state index contributed by atoms with van der Waals surface area (Å²) >= 11 is 0. The van der Waals surface area contributed by atoms with Gasteiger partial charge in [-0.15, -0.1) is 24.0 Å². The van der Waals surface area contributed by atoms with Crippen molar-refractivity contribution in [1.82, 2.24) is 4.90 Å². The lowest BCUT2D eigenvalue weighted by atomic mass is 10.2. The lowest BCUT2D eigenvalue weighted by Crippen LogP contribution is -2.32. The van der Waals surface area contributed by atoms with Crippen LogP contribution in [-0.4, -0.2) is 30.0 Å². The maximum atomic E-state index is 12.2. The van der Waals surface area contributed by atoms with Gasteiger partial charge in [0.05, 0.1) is 6.54 Å². The number of nitrogens with zero attached hydrogens (tertiary/aromatic N) is 2. The molecule has 0 spiro atoms. The third-order valence-corrected chi connectivity index (χ3v) is 4.33. The molecule has 0 atom stereocenters. The normalized spacial score (nSPS) is 13.8. The highest BCUT2D eigenvalue weighted by Crippen LogP contribution is 2.15. The van der Waals surface area contributed by atoms with Crippen LogP contribution in [0.5, 0.6) is 0 Å². The van der Waals surface area contributed by atoms with Crippen LogP contribution in [0.3, 0.4) is 0 Å². The average Bonchev–Trinajstić information content (AvgIpc) is 3.17. The fourth-order valence-corrected chi connectivity index (χ4v) is 2.87. The number of aliphatic imine (C=N–C) groups is 1. The van der Waals surface area contributed by atoms with E-state index in [9.17, 15) is 4.79 Å². The first-order valence-corrected chi connectivity index (χ1v) is 8.88. The number of likely N-dealkylation sites (tertiary alicyclic amines) is 1. The number of benzene rings is 2. The van der Waals surface area contributed by atoms with Crippen molar-refractivity contribution in [2.75, 3.05) is 23.7 Å². The molecule has 0 unspecified atom stereocenters. The number of rotatable bonds is 4. The predicted octanol–water partition coefficient (Wildman–Crippen LogP) is 4.17. The second-order valence-electron chi connectivity index (χ2n) is 6.52. The molecule has 0 bridgehead atoms. The van der Waals surface area contributed by atoms with E-state index in [1.807, 2.05) is 60.4 Å². The van der Waals surface area contributed by atoms with Crippen LogP contribution in [0.25, 0.3) is 0 Å². The number of hydrogen-bond donors (Lipinski definition) is 3. The standard InChI is InChI=1S/C20H25N5O.HI/c1-15-7-9-17(10-8-15)23-19(21)22-14-16-5-4-6-18(13-16)24-20(26)25-11-2-3-12-25;/h4-10,13H,2-3,11-12,14H2,1H3,(H,24,26)(H3,21,22,23);1H. The van der Waals surface area contributed by atoms with Gasteiger partial charge in [0.25, 0.3) is 0 Å². The van der Waals surface area contributed by atoms with Crippen LogP contribution in [0.4, 0.5) is 16.2 Å². The minimum absolute atomic E-state index is 0. The molecule has 1 heterocycles. The molecule has 0 aromatic heterocycles. The zero-order valence-electron chi connectivity index (χ0n) is 15.4. The quantitative estimate of drug-likeness (QED) is 0.350. The highest BCUT2D eigenvalue weighted by Gasteiger charge is 2.17. The van der Waals surface area contributed by atoms with Crippen molar-refractivity contribution in [3.05, 3.63) is 59.7 Å². The topological polar surface area (TPSA) is 82.7 Å². The van der Waals surface area contributed by atoms with E-state index in [1.165, 1.54) is 5.56 Å². The Balaban J connectivity index is 0.00000261. The summed E-state index contributed by atoms with van der Waals surface area (Å²) in [5.41, 5.74) is 9.82. The Kier molecular flexibility index (Phi) is 7.90. The predicted molar refractivity (Wildman–Crippen MR) is 122 cm³/mol. The first-order valence-electron chi connectivity index (χ1n) is 8.88. The Morgan fingerprint density at radius 1 is 1.07 bits per heavy atom. The number of urea groups is 1. The van der Waals surface area contributed by atoms with Crippen molar-refractivity contribution in [2.24, 2.45) is 10.7 Å². The number of amides is 2. The lowest BCUT2D eigenvalue weighted by Gasteiger charge is -2.16. The fourth-order valence-electron chi connectivity index (χ4n) is 2.87. The van der Waals surface area contributed by atoms with Crippen LogP contribution in [-0.2, 0) is 6.54 Å². The second kappa shape index (κ2) is 10.1. The molecule has 2 aromatic rings. The van der Waals surface area contributed by atoms with Crippen LogP contribution >= 0.6 is 24.0 Å². The highest BCUT2D eigenvalue weighted by molar-refractivity contribution is 14.0. The minimum Gasteiger partial charge on any atom is -0.370 e. The lowest BCUT2D eigenvalue weighted by molar-refractivity contribution is 0.222. The van der Waals surface area contributed by atoms with Gasteiger partial charge in [-0.05, 0) is 49.6 Å². The molecular formula is C20H26IN5O. The van der Waals surface area contributed by atoms with Gasteiger partial charge < -0.3 is 21.3 Å². The second-order valence-corrected chi connectivity index (χ2v) is 6.52. The number of nitrogens with two attached hydrogens (primary N) is 1. The van der Waals surface area contributed by atoms with E-state index in [0.29, 0.717) is 12.5 Å². The van der Waals surface area contributed by atoms with E-state index in [1.54, 1.807) is 0 Å². The van der Waals surface area contributed by atoms with E-state index in [0.717, 1.165) is 42.9 Å². The third kappa shape index (κ3) is 6.42. The summed E-state index contributed by atoms with van der Waals surface area (Å²) in [5.74, 6) is 0.361. The van der Waals surface area contributed by atoms with Crippen LogP contribution in [0.2, 0.25) is 0 Å². The van der Waals surface area contributed by atoms with E-state index in [2.05, 4.69) is 15.6 Å². The molecule has 7 heteroatoms. The Morgan fingerprint density at radius 2 is 1.78 bits per heavy atom. The van der Waals surface area contributed by atoms with Crippen LogP contribution in [0, 0.1) is 6.92 Å². The number of nitrogens with one attached hydrogen (secondary N) is 2. The molecule has 0 aliphatic carbocycles. The number of guanidine groups is 1. The van der Waals surface area contributed by atoms with Crippen LogP contribution in [0.1, 0.15) is 24.0 Å². The maximum Gasteiger partial charge on any atom is 0.321 e. The van der Waals surface area contributed by atoms with E-state index >= 15 is 0 Å². The van der Waals surface area contributed by atoms with Gasteiger partial charge in [0.2, 0.25) is 0 Å². The summed E-state index contributed by atoms with van der Waals surface area (Å²) in [6.45, 7) is 4.14. The first-order chi connectivity index (χ1) is 12.6. The van der Waals surface area contributed by atoms with Gasteiger partial charge in [0.15, 0.2) is 5.96 Å². The molecule has 1 saturated heterocycles. The van der Waals surface area contributed by atoms with Gasteiger partial charge in [-0.1, -0.05) is 29.8 Å². The number of aryl methyl sites for hydroxylation is 1. The van der Waals surface area contributed by atoms with Gasteiger partial charge in [-0.2, -0.15) is 0 Å². The summed E-state index contributed by atoms with van der Waals surface area (Å²) in [4.78, 5) is 18.4. The summed E-state index contributed by atoms with van der Waals surface area (Å²) in [5, 5.41) is 6.02. The molecule has 2 amide bonds. The van der Waals surface area contributed by atoms with E-state index < -0.39 is 0 Å². The molecule has 6 nitrogen and oxygen atoms in total. The zero-order valence-corrected chi connectivity index (χ0v) is 17.8. The molecule has 4 N–H and O–H groups in total. The molecule has 1 fully saturated rings. The number of halogens is 1. The number of carbonyl (C=O) groups is 1. The maximum absolute atomic E-state index is 12.2. The van der Waals surface area contributed by atoms with Gasteiger partial charge in [-0.25, -0.2) is 9.79 Å². The van der Waals surface area contributed by atoms with Gasteiger partial charge in [-0.3, -0.25) is 0 Å². The molecule has 3 rings (SSSR count). The molecule has 144 valence electrons. The van der Waals surface area contributed by atoms with Crippen LogP contribution in [0.15, 0.2) is 53.5 Å². The summed E-state index contributed by atoms with van der Waals surface area (Å²) < 4.78 is 0. The van der Waals surface area contributed by atoms with E-state index in [4.69, 9.17) is 5.73 Å². The number of carbonyl (C=O) groups excluding carboxylic acids is 1. The Labute approximate surface area is 177 Å². The zero-order chi connectivity index (χ0) is 18.4. The van der Waals surface area contributed by atoms with Crippen molar-refractivity contribution in [1.29, 1.82) is 0 Å². The Morgan fingerprint density at radius 3 is 2.48 bits per heavy atom. The Bertz CT molecular complexity index is 785. The van der Waals surface area contributed by atoms with Crippen molar-refractivity contribution >= 4 is 47.3 Å². The van der Waals surface area contributed by atoms with E-state index in [-0.39, 0.29) is 30.0 Å². The van der Waals surface area contributed by atoms with Crippen molar-refractivity contribution in [3.8, 4) is 0 Å². The van der Waals surface area contributed by atoms with Gasteiger partial charge >= 0.3 is 6.03 Å². The monoisotopic (exact) mass is 479 g/mol. The molecule has 1 aliphatic rings. The molecule has 0 saturated carbocycles. The first kappa shape index (κ1) is 21.0. The summed E-state index contributed by atoms with van der Waals surface area (Å²) in [7, 11) is 0. The highest BCUT2D eigenvalue weighted by atomic mass is 127. The summed E-state index contributed by atoms with van der Waals surface area (Å²) in [6, 6.07) is 15.6. The SMILES string of the molecule is Cc1ccc(NC(N)=NCc2cccc(NC(=O)N3CCCC3)c2)cc1.I. The molecule has 2 aromatic carbocycles. The van der Waals surface area contributed by atoms with Crippen molar-refractivity contribution < 1.29 is 4.79 Å². The smallest absolute Gasteiger partial charge is 0.321 e. The average molecular weight is 479 g/mol. The van der Waals surface area contributed by atoms with Crippen molar-refractivity contribution in [2.45, 2.75) is 26.3 Å². The van der Waals surface area contributed by atoms with Gasteiger partial charge in [0, 0.05) is 24.5 Å².